The fraction of sp³-hybridized carbons (Fsp3) is 0.769. The van der Waals surface area contributed by atoms with E-state index in [1.807, 2.05) is 6.92 Å². The maximum absolute atomic E-state index is 12.2. The largest absolute Gasteiger partial charge is 0.377 e. The highest BCUT2D eigenvalue weighted by atomic mass is 32.2. The van der Waals surface area contributed by atoms with Crippen molar-refractivity contribution in [1.82, 2.24) is 9.71 Å². The summed E-state index contributed by atoms with van der Waals surface area (Å²) in [4.78, 5) is 5.28. The van der Waals surface area contributed by atoms with Crippen LogP contribution in [-0.2, 0) is 27.7 Å². The number of hydrogen-bond acceptors (Lipinski definition) is 5. The van der Waals surface area contributed by atoms with Crippen LogP contribution in [0.5, 0.6) is 0 Å². The molecule has 1 aromatic heterocycles. The minimum atomic E-state index is -3.32. The van der Waals surface area contributed by atoms with Gasteiger partial charge in [0.05, 0.1) is 11.1 Å². The van der Waals surface area contributed by atoms with E-state index in [0.717, 1.165) is 16.3 Å². The van der Waals surface area contributed by atoms with Gasteiger partial charge in [0, 0.05) is 30.6 Å². The van der Waals surface area contributed by atoms with E-state index in [9.17, 15) is 8.42 Å². The summed E-state index contributed by atoms with van der Waals surface area (Å²) in [5.41, 5.74) is 0. The summed E-state index contributed by atoms with van der Waals surface area (Å²) in [6.07, 6.45) is 3.04. The van der Waals surface area contributed by atoms with Gasteiger partial charge in [-0.3, -0.25) is 0 Å². The second kappa shape index (κ2) is 6.51. The number of ether oxygens (including phenoxy) is 1. The molecule has 2 rings (SSSR count). The van der Waals surface area contributed by atoms with E-state index in [1.54, 1.807) is 17.5 Å². The van der Waals surface area contributed by atoms with Crippen LogP contribution in [-0.4, -0.2) is 31.4 Å². The zero-order chi connectivity index (χ0) is 14.8. The van der Waals surface area contributed by atoms with Gasteiger partial charge < -0.3 is 4.74 Å². The van der Waals surface area contributed by atoms with Crippen LogP contribution in [0, 0.1) is 5.92 Å². The molecule has 1 N–H and O–H groups in total. The van der Waals surface area contributed by atoms with Crippen LogP contribution in [0.3, 0.4) is 0 Å². The van der Waals surface area contributed by atoms with E-state index in [1.165, 1.54) is 0 Å². The van der Waals surface area contributed by atoms with Gasteiger partial charge in [-0.15, -0.1) is 11.3 Å². The molecule has 7 heteroatoms. The van der Waals surface area contributed by atoms with Crippen molar-refractivity contribution in [3.63, 3.8) is 0 Å². The Morgan fingerprint density at radius 2 is 2.30 bits per heavy atom. The van der Waals surface area contributed by atoms with E-state index >= 15 is 0 Å². The molecule has 1 aliphatic rings. The molecule has 2 unspecified atom stereocenters. The smallest absolute Gasteiger partial charge is 0.217 e. The molecule has 1 aromatic rings. The first kappa shape index (κ1) is 15.9. The van der Waals surface area contributed by atoms with Crippen molar-refractivity contribution >= 4 is 21.4 Å². The van der Waals surface area contributed by atoms with E-state index in [2.05, 4.69) is 23.6 Å². The van der Waals surface area contributed by atoms with Crippen LogP contribution in [0.15, 0.2) is 6.20 Å². The quantitative estimate of drug-likeness (QED) is 0.870. The standard InChI is InChI=1S/C13H22N2O3S2/c1-9(2)6-13-14-7-11(19-13)8-15-20(16,17)12-4-5-18-10(12)3/h7,9-10,12,15H,4-6,8H2,1-3H3. The average molecular weight is 318 g/mol. The van der Waals surface area contributed by atoms with E-state index in [-0.39, 0.29) is 6.10 Å². The van der Waals surface area contributed by atoms with Gasteiger partial charge >= 0.3 is 0 Å². The molecule has 0 aromatic carbocycles. The monoisotopic (exact) mass is 318 g/mol. The molecular formula is C13H22N2O3S2. The van der Waals surface area contributed by atoms with E-state index in [4.69, 9.17) is 4.74 Å². The van der Waals surface area contributed by atoms with Gasteiger partial charge in [-0.25, -0.2) is 18.1 Å². The van der Waals surface area contributed by atoms with E-state index in [0.29, 0.717) is 25.5 Å². The Morgan fingerprint density at radius 1 is 1.55 bits per heavy atom. The number of nitrogens with zero attached hydrogens (tertiary/aromatic N) is 1. The Labute approximate surface area is 124 Å². The summed E-state index contributed by atoms with van der Waals surface area (Å²) < 4.78 is 32.4. The second-order valence-corrected chi connectivity index (χ2v) is 8.77. The van der Waals surface area contributed by atoms with Crippen LogP contribution in [0.2, 0.25) is 0 Å². The zero-order valence-electron chi connectivity index (χ0n) is 12.1. The minimum Gasteiger partial charge on any atom is -0.377 e. The molecular weight excluding hydrogens is 296 g/mol. The summed E-state index contributed by atoms with van der Waals surface area (Å²) in [5, 5.41) is 0.623. The molecule has 2 heterocycles. The first-order chi connectivity index (χ1) is 9.38. The lowest BCUT2D eigenvalue weighted by Crippen LogP contribution is -2.37. The Bertz CT molecular complexity index is 540. The topological polar surface area (TPSA) is 68.3 Å². The third-order valence-corrected chi connectivity index (χ3v) is 6.32. The van der Waals surface area contributed by atoms with Crippen molar-refractivity contribution in [3.05, 3.63) is 16.1 Å². The lowest BCUT2D eigenvalue weighted by atomic mass is 10.1. The molecule has 1 saturated heterocycles. The van der Waals surface area contributed by atoms with Gasteiger partial charge in [-0.1, -0.05) is 13.8 Å². The number of rotatable bonds is 6. The van der Waals surface area contributed by atoms with Gasteiger partial charge in [0.1, 0.15) is 5.25 Å². The molecule has 0 saturated carbocycles. The third-order valence-electron chi connectivity index (χ3n) is 3.34. The lowest BCUT2D eigenvalue weighted by molar-refractivity contribution is 0.126. The highest BCUT2D eigenvalue weighted by molar-refractivity contribution is 7.90. The molecule has 1 aliphatic heterocycles. The van der Waals surface area contributed by atoms with Gasteiger partial charge in [-0.2, -0.15) is 0 Å². The Kier molecular flexibility index (Phi) is 5.17. The van der Waals surface area contributed by atoms with Crippen molar-refractivity contribution < 1.29 is 13.2 Å². The number of hydrogen-bond donors (Lipinski definition) is 1. The summed E-state index contributed by atoms with van der Waals surface area (Å²) >= 11 is 1.58. The van der Waals surface area contributed by atoms with Crippen molar-refractivity contribution in [2.45, 2.75) is 51.5 Å². The minimum absolute atomic E-state index is 0.231. The average Bonchev–Trinajstić information content (AvgIpc) is 2.95. The van der Waals surface area contributed by atoms with Crippen molar-refractivity contribution in [1.29, 1.82) is 0 Å². The van der Waals surface area contributed by atoms with Gasteiger partial charge in [0.2, 0.25) is 10.0 Å². The first-order valence-electron chi connectivity index (χ1n) is 6.92. The summed E-state index contributed by atoms with van der Waals surface area (Å²) in [6.45, 7) is 6.94. The van der Waals surface area contributed by atoms with Crippen LogP contribution in [0.25, 0.3) is 0 Å². The van der Waals surface area contributed by atoms with Crippen LogP contribution in [0.4, 0.5) is 0 Å². The predicted molar refractivity (Wildman–Crippen MR) is 80.2 cm³/mol. The van der Waals surface area contributed by atoms with Gasteiger partial charge in [0.25, 0.3) is 0 Å². The molecule has 0 amide bonds. The fourth-order valence-electron chi connectivity index (χ4n) is 2.27. The summed E-state index contributed by atoms with van der Waals surface area (Å²) in [5.74, 6) is 0.558. The summed E-state index contributed by atoms with van der Waals surface area (Å²) in [7, 11) is -3.32. The molecule has 0 bridgehead atoms. The number of nitrogens with one attached hydrogen (secondary N) is 1. The first-order valence-corrected chi connectivity index (χ1v) is 9.28. The van der Waals surface area contributed by atoms with Crippen molar-refractivity contribution in [2.75, 3.05) is 6.61 Å². The maximum atomic E-state index is 12.2. The maximum Gasteiger partial charge on any atom is 0.217 e. The Hall–Kier alpha value is -0.500. The molecule has 114 valence electrons. The van der Waals surface area contributed by atoms with Crippen LogP contribution >= 0.6 is 11.3 Å². The Balaban J connectivity index is 1.92. The molecule has 2 atom stereocenters. The third kappa shape index (κ3) is 4.00. The SMILES string of the molecule is CC(C)Cc1ncc(CNS(=O)(=O)C2CCOC2C)s1. The molecule has 20 heavy (non-hydrogen) atoms. The molecule has 0 spiro atoms. The number of thiazole rings is 1. The lowest BCUT2D eigenvalue weighted by Gasteiger charge is -2.15. The van der Waals surface area contributed by atoms with Gasteiger partial charge in [-0.05, 0) is 19.3 Å². The Morgan fingerprint density at radius 3 is 2.90 bits per heavy atom. The van der Waals surface area contributed by atoms with Gasteiger partial charge in [0.15, 0.2) is 0 Å². The molecule has 0 radical (unpaired) electrons. The summed E-state index contributed by atoms with van der Waals surface area (Å²) in [6, 6.07) is 0. The normalized spacial score (nSPS) is 23.6. The molecule has 1 fully saturated rings. The molecule has 5 nitrogen and oxygen atoms in total. The van der Waals surface area contributed by atoms with Crippen LogP contribution < -0.4 is 4.72 Å². The second-order valence-electron chi connectivity index (χ2n) is 5.59. The number of sulfonamides is 1. The highest BCUT2D eigenvalue weighted by Crippen LogP contribution is 2.21. The number of aromatic nitrogens is 1. The molecule has 0 aliphatic carbocycles. The van der Waals surface area contributed by atoms with E-state index < -0.39 is 15.3 Å². The van der Waals surface area contributed by atoms with Crippen LogP contribution in [0.1, 0.15) is 37.1 Å². The zero-order valence-corrected chi connectivity index (χ0v) is 13.8. The van der Waals surface area contributed by atoms with Crippen molar-refractivity contribution in [3.8, 4) is 0 Å². The van der Waals surface area contributed by atoms with Crippen molar-refractivity contribution in [2.24, 2.45) is 5.92 Å². The highest BCUT2D eigenvalue weighted by Gasteiger charge is 2.35. The predicted octanol–water partition coefficient (Wildman–Crippen LogP) is 1.94. The fourth-order valence-corrected chi connectivity index (χ4v) is 5.00.